The van der Waals surface area contributed by atoms with Gasteiger partial charge in [-0.25, -0.2) is 4.79 Å². The number of nitrogen functional groups attached to an aromatic ring is 1. The van der Waals surface area contributed by atoms with Crippen molar-refractivity contribution in [1.82, 2.24) is 4.90 Å². The van der Waals surface area contributed by atoms with Crippen molar-refractivity contribution in [3.05, 3.63) is 53.6 Å². The number of anilines is 1. The molecule has 0 saturated heterocycles. The quantitative estimate of drug-likeness (QED) is 0.553. The van der Waals surface area contributed by atoms with E-state index in [9.17, 15) is 4.79 Å². The van der Waals surface area contributed by atoms with E-state index in [2.05, 4.69) is 6.92 Å². The summed E-state index contributed by atoms with van der Waals surface area (Å²) < 4.78 is 16.3. The minimum atomic E-state index is -0.341. The summed E-state index contributed by atoms with van der Waals surface area (Å²) in [4.78, 5) is 14.4. The van der Waals surface area contributed by atoms with Gasteiger partial charge in [-0.3, -0.25) is 0 Å². The van der Waals surface area contributed by atoms with Crippen molar-refractivity contribution in [2.24, 2.45) is 0 Å². The van der Waals surface area contributed by atoms with E-state index in [1.807, 2.05) is 42.5 Å². The van der Waals surface area contributed by atoms with Crippen molar-refractivity contribution in [3.8, 4) is 11.5 Å². The van der Waals surface area contributed by atoms with Gasteiger partial charge in [0.05, 0.1) is 12.2 Å². The lowest BCUT2D eigenvalue weighted by Crippen LogP contribution is -2.32. The molecule has 2 aromatic carbocycles. The first kappa shape index (κ1) is 18.9. The number of nitrogens with two attached hydrogens (primary N) is 1. The molecule has 1 amide bonds. The summed E-state index contributed by atoms with van der Waals surface area (Å²) in [6, 6.07) is 13.4. The molecule has 2 N–H and O–H groups in total. The fourth-order valence-electron chi connectivity index (χ4n) is 2.98. The molecule has 0 bridgehead atoms. The first-order valence-electron chi connectivity index (χ1n) is 9.31. The molecule has 2 aromatic rings. The summed E-state index contributed by atoms with van der Waals surface area (Å²) >= 11 is 0. The molecule has 3 rings (SSSR count). The molecule has 0 atom stereocenters. The van der Waals surface area contributed by atoms with Gasteiger partial charge in [0, 0.05) is 6.54 Å². The van der Waals surface area contributed by atoms with Gasteiger partial charge in [0.15, 0.2) is 11.5 Å². The molecular formula is C21H26N2O4. The van der Waals surface area contributed by atoms with E-state index in [0.29, 0.717) is 30.3 Å². The zero-order valence-electron chi connectivity index (χ0n) is 15.6. The van der Waals surface area contributed by atoms with Crippen LogP contribution in [0.2, 0.25) is 0 Å². The SMILES string of the molecule is CCCCCN(Cc1ccc2c(c1N)OCO2)C(=O)OCc1ccccc1. The van der Waals surface area contributed by atoms with Crippen molar-refractivity contribution >= 4 is 11.8 Å². The molecule has 1 heterocycles. The molecule has 0 fully saturated rings. The first-order chi connectivity index (χ1) is 13.2. The van der Waals surface area contributed by atoms with E-state index in [4.69, 9.17) is 19.9 Å². The number of fused-ring (bicyclic) bond motifs is 1. The zero-order valence-corrected chi connectivity index (χ0v) is 15.6. The van der Waals surface area contributed by atoms with Gasteiger partial charge in [0.1, 0.15) is 6.61 Å². The van der Waals surface area contributed by atoms with Crippen molar-refractivity contribution in [1.29, 1.82) is 0 Å². The molecule has 1 aliphatic heterocycles. The molecule has 0 aliphatic carbocycles. The Morgan fingerprint density at radius 3 is 2.74 bits per heavy atom. The maximum Gasteiger partial charge on any atom is 0.410 e. The van der Waals surface area contributed by atoms with Gasteiger partial charge in [-0.15, -0.1) is 0 Å². The highest BCUT2D eigenvalue weighted by Crippen LogP contribution is 2.39. The maximum atomic E-state index is 12.7. The van der Waals surface area contributed by atoms with E-state index in [1.54, 1.807) is 4.90 Å². The zero-order chi connectivity index (χ0) is 19.1. The summed E-state index contributed by atoms with van der Waals surface area (Å²) in [5, 5.41) is 0. The summed E-state index contributed by atoms with van der Waals surface area (Å²) in [7, 11) is 0. The average molecular weight is 370 g/mol. The third-order valence-corrected chi connectivity index (χ3v) is 4.52. The second-order valence-corrected chi connectivity index (χ2v) is 6.54. The number of hydrogen-bond donors (Lipinski definition) is 1. The molecule has 1 aliphatic rings. The lowest BCUT2D eigenvalue weighted by Gasteiger charge is -2.23. The number of hydrogen-bond acceptors (Lipinski definition) is 5. The number of rotatable bonds is 8. The van der Waals surface area contributed by atoms with Crippen LogP contribution in [-0.2, 0) is 17.9 Å². The third-order valence-electron chi connectivity index (χ3n) is 4.52. The largest absolute Gasteiger partial charge is 0.454 e. The van der Waals surface area contributed by atoms with Crippen LogP contribution in [-0.4, -0.2) is 24.3 Å². The minimum Gasteiger partial charge on any atom is -0.454 e. The molecule has 27 heavy (non-hydrogen) atoms. The highest BCUT2D eigenvalue weighted by atomic mass is 16.7. The molecule has 144 valence electrons. The van der Waals surface area contributed by atoms with E-state index >= 15 is 0 Å². The molecule has 0 aromatic heterocycles. The number of ether oxygens (including phenoxy) is 3. The monoisotopic (exact) mass is 370 g/mol. The topological polar surface area (TPSA) is 74.0 Å². The number of carbonyl (C=O) groups is 1. The van der Waals surface area contributed by atoms with E-state index < -0.39 is 0 Å². The molecule has 6 nitrogen and oxygen atoms in total. The molecular weight excluding hydrogens is 344 g/mol. The molecule has 0 saturated carbocycles. The third kappa shape index (κ3) is 4.84. The molecule has 6 heteroatoms. The second-order valence-electron chi connectivity index (χ2n) is 6.54. The lowest BCUT2D eigenvalue weighted by molar-refractivity contribution is 0.0930. The van der Waals surface area contributed by atoms with Crippen LogP contribution in [0.3, 0.4) is 0 Å². The Balaban J connectivity index is 1.68. The Morgan fingerprint density at radius 2 is 1.96 bits per heavy atom. The fourth-order valence-corrected chi connectivity index (χ4v) is 2.98. The minimum absolute atomic E-state index is 0.169. The van der Waals surface area contributed by atoms with Crippen molar-refractivity contribution in [2.45, 2.75) is 39.3 Å². The van der Waals surface area contributed by atoms with Gasteiger partial charge in [0.25, 0.3) is 0 Å². The van der Waals surface area contributed by atoms with Gasteiger partial charge in [0.2, 0.25) is 6.79 Å². The van der Waals surface area contributed by atoms with Crippen LogP contribution < -0.4 is 15.2 Å². The van der Waals surface area contributed by atoms with Crippen LogP contribution in [0.15, 0.2) is 42.5 Å². The normalized spacial score (nSPS) is 12.0. The summed E-state index contributed by atoms with van der Waals surface area (Å²) in [6.45, 7) is 3.55. The highest BCUT2D eigenvalue weighted by Gasteiger charge is 2.22. The maximum absolute atomic E-state index is 12.7. The van der Waals surface area contributed by atoms with Crippen LogP contribution in [0.5, 0.6) is 11.5 Å². The number of unbranched alkanes of at least 4 members (excludes halogenated alkanes) is 2. The van der Waals surface area contributed by atoms with Crippen molar-refractivity contribution in [2.75, 3.05) is 19.1 Å². The van der Waals surface area contributed by atoms with Crippen molar-refractivity contribution < 1.29 is 19.0 Å². The summed E-state index contributed by atoms with van der Waals surface area (Å²) in [5.41, 5.74) is 8.52. The van der Waals surface area contributed by atoms with Gasteiger partial charge in [-0.1, -0.05) is 56.2 Å². The molecule has 0 spiro atoms. The average Bonchev–Trinajstić information content (AvgIpc) is 3.18. The van der Waals surface area contributed by atoms with E-state index in [0.717, 1.165) is 30.4 Å². The highest BCUT2D eigenvalue weighted by molar-refractivity contribution is 5.70. The molecule has 0 unspecified atom stereocenters. The summed E-state index contributed by atoms with van der Waals surface area (Å²) in [6.07, 6.45) is 2.71. The van der Waals surface area contributed by atoms with Gasteiger partial charge >= 0.3 is 6.09 Å². The Morgan fingerprint density at radius 1 is 1.15 bits per heavy atom. The summed E-state index contributed by atoms with van der Waals surface area (Å²) in [5.74, 6) is 1.19. The van der Waals surface area contributed by atoms with E-state index in [1.165, 1.54) is 0 Å². The Bertz CT molecular complexity index is 764. The van der Waals surface area contributed by atoms with Crippen LogP contribution in [0, 0.1) is 0 Å². The Labute approximate surface area is 159 Å². The number of benzene rings is 2. The van der Waals surface area contributed by atoms with Gasteiger partial charge in [-0.2, -0.15) is 0 Å². The molecule has 0 radical (unpaired) electrons. The Kier molecular flexibility index (Phi) is 6.41. The van der Waals surface area contributed by atoms with Crippen LogP contribution >= 0.6 is 0 Å². The van der Waals surface area contributed by atoms with Crippen LogP contribution in [0.4, 0.5) is 10.5 Å². The van der Waals surface area contributed by atoms with Crippen LogP contribution in [0.1, 0.15) is 37.3 Å². The number of amides is 1. The smallest absolute Gasteiger partial charge is 0.410 e. The predicted molar refractivity (Wildman–Crippen MR) is 104 cm³/mol. The lowest BCUT2D eigenvalue weighted by atomic mass is 10.1. The van der Waals surface area contributed by atoms with Gasteiger partial charge < -0.3 is 24.8 Å². The van der Waals surface area contributed by atoms with Gasteiger partial charge in [-0.05, 0) is 23.6 Å². The number of nitrogens with zero attached hydrogens (tertiary/aromatic N) is 1. The predicted octanol–water partition coefficient (Wildman–Crippen LogP) is 4.33. The second kappa shape index (κ2) is 9.16. The number of carbonyl (C=O) groups excluding carboxylic acids is 1. The Hall–Kier alpha value is -2.89. The van der Waals surface area contributed by atoms with Crippen LogP contribution in [0.25, 0.3) is 0 Å². The fraction of sp³-hybridized carbons (Fsp3) is 0.381. The van der Waals surface area contributed by atoms with Crippen molar-refractivity contribution in [3.63, 3.8) is 0 Å². The first-order valence-corrected chi connectivity index (χ1v) is 9.31. The van der Waals surface area contributed by atoms with E-state index in [-0.39, 0.29) is 19.5 Å². The standard InChI is InChI=1S/C21H26N2O4/c1-2-3-7-12-23(21(24)25-14-16-8-5-4-6-9-16)13-17-10-11-18-20(19(17)22)27-15-26-18/h4-6,8-11H,2-3,7,12-15,22H2,1H3.